The predicted molar refractivity (Wildman–Crippen MR) is 128 cm³/mol. The number of nitrogens with zero attached hydrogens (tertiary/aromatic N) is 4. The number of fused-ring (bicyclic) bond motifs is 3. The summed E-state index contributed by atoms with van der Waals surface area (Å²) in [5, 5.41) is 17.0. The Kier molecular flexibility index (Phi) is 6.32. The summed E-state index contributed by atoms with van der Waals surface area (Å²) < 4.78 is 15.5. The summed E-state index contributed by atoms with van der Waals surface area (Å²) >= 11 is 5.92. The highest BCUT2D eigenvalue weighted by molar-refractivity contribution is 6.31. The van der Waals surface area contributed by atoms with Crippen molar-refractivity contribution in [2.24, 2.45) is 0 Å². The molecule has 8 nitrogen and oxygen atoms in total. The molecular weight excluding hydrogens is 447 g/mol. The molecule has 2 aromatic heterocycles. The van der Waals surface area contributed by atoms with Crippen LogP contribution in [0.3, 0.4) is 0 Å². The smallest absolute Gasteiger partial charge is 0.335 e. The average Bonchev–Trinajstić information content (AvgIpc) is 2.81. The molecule has 0 saturated carbocycles. The molecule has 0 saturated heterocycles. The average molecular weight is 468 g/mol. The van der Waals surface area contributed by atoms with E-state index in [0.29, 0.717) is 52.3 Å². The van der Waals surface area contributed by atoms with E-state index in [1.165, 1.54) is 30.3 Å². The van der Waals surface area contributed by atoms with Crippen LogP contribution < -0.4 is 10.6 Å². The second-order valence-electron chi connectivity index (χ2n) is 7.34. The van der Waals surface area contributed by atoms with Crippen molar-refractivity contribution in [3.05, 3.63) is 59.0 Å². The van der Waals surface area contributed by atoms with E-state index in [4.69, 9.17) is 11.6 Å². The first-order valence-corrected chi connectivity index (χ1v) is 10.6. The monoisotopic (exact) mass is 467 g/mol. The van der Waals surface area contributed by atoms with E-state index >= 15 is 0 Å². The normalized spacial score (nSPS) is 11.0. The number of hydrogen-bond acceptors (Lipinski definition) is 6. The van der Waals surface area contributed by atoms with Gasteiger partial charge < -0.3 is 15.7 Å². The molecular formula is C23H21ClFN6O2+. The maximum atomic E-state index is 13.6. The van der Waals surface area contributed by atoms with Gasteiger partial charge in [-0.15, -0.1) is 0 Å². The van der Waals surface area contributed by atoms with Crippen molar-refractivity contribution < 1.29 is 18.9 Å². The van der Waals surface area contributed by atoms with Gasteiger partial charge in [-0.1, -0.05) is 17.7 Å². The number of likely N-dealkylation sites (N-methyl/N-ethyl adjacent to an activating group) is 1. The molecule has 0 amide bonds. The largest absolute Gasteiger partial charge is 0.478 e. The van der Waals surface area contributed by atoms with E-state index in [1.54, 1.807) is 12.3 Å². The summed E-state index contributed by atoms with van der Waals surface area (Å²) in [4.78, 5) is 25.1. The summed E-state index contributed by atoms with van der Waals surface area (Å²) in [5.41, 5.74) is 1.59. The lowest BCUT2D eigenvalue weighted by molar-refractivity contribution is -0.512. The first-order valence-electron chi connectivity index (χ1n) is 10.2. The van der Waals surface area contributed by atoms with Crippen LogP contribution in [0, 0.1) is 5.82 Å². The molecule has 2 aromatic carbocycles. The van der Waals surface area contributed by atoms with Gasteiger partial charge in [0.1, 0.15) is 24.6 Å². The van der Waals surface area contributed by atoms with E-state index in [2.05, 4.69) is 32.3 Å². The molecule has 168 valence electrons. The molecule has 0 aliphatic rings. The number of halogens is 2. The lowest BCUT2D eigenvalue weighted by atomic mass is 10.1. The number of carboxylic acid groups (broad SMARTS) is 1. The molecule has 0 spiro atoms. The number of aromatic carboxylic acids is 1. The van der Waals surface area contributed by atoms with Crippen molar-refractivity contribution >= 4 is 63.5 Å². The standard InChI is InChI=1S/C23H20ClFN6O2/c1-3-31(2)9-8-26-23-27-12-16-15-6-4-13(22(32)33)10-19(15)29-21(20(16)30-23)28-14-5-7-18(25)17(24)11-14/h4-7,10-12H,2-3,8-9H2,1H3,(H2-,26,27,28,29,30,32,33)/p+1. The first-order chi connectivity index (χ1) is 15.9. The van der Waals surface area contributed by atoms with Crippen LogP contribution in [0.25, 0.3) is 21.8 Å². The lowest BCUT2D eigenvalue weighted by Crippen LogP contribution is -2.19. The minimum atomic E-state index is -1.05. The summed E-state index contributed by atoms with van der Waals surface area (Å²) in [5.74, 6) is -0.818. The second-order valence-corrected chi connectivity index (χ2v) is 7.75. The lowest BCUT2D eigenvalue weighted by Gasteiger charge is -2.13. The molecule has 0 atom stereocenters. The van der Waals surface area contributed by atoms with E-state index < -0.39 is 11.8 Å². The highest BCUT2D eigenvalue weighted by atomic mass is 35.5. The second kappa shape index (κ2) is 9.33. The summed E-state index contributed by atoms with van der Waals surface area (Å²) in [6.45, 7) is 8.07. The van der Waals surface area contributed by atoms with Gasteiger partial charge >= 0.3 is 5.97 Å². The highest BCUT2D eigenvalue weighted by Gasteiger charge is 2.15. The van der Waals surface area contributed by atoms with Gasteiger partial charge in [-0.2, -0.15) is 0 Å². The van der Waals surface area contributed by atoms with Crippen molar-refractivity contribution in [1.29, 1.82) is 0 Å². The van der Waals surface area contributed by atoms with E-state index in [0.717, 1.165) is 6.54 Å². The quantitative estimate of drug-likeness (QED) is 0.198. The number of aromatic nitrogens is 3. The molecule has 2 heterocycles. The van der Waals surface area contributed by atoms with Crippen molar-refractivity contribution in [2.75, 3.05) is 30.3 Å². The van der Waals surface area contributed by atoms with Crippen molar-refractivity contribution in [3.63, 3.8) is 0 Å². The Labute approximate surface area is 193 Å². The van der Waals surface area contributed by atoms with Gasteiger partial charge in [-0.25, -0.2) is 28.7 Å². The van der Waals surface area contributed by atoms with Crippen LogP contribution in [0.1, 0.15) is 17.3 Å². The summed E-state index contributed by atoms with van der Waals surface area (Å²) in [7, 11) is 0. The Morgan fingerprint density at radius 3 is 2.76 bits per heavy atom. The Bertz CT molecular complexity index is 1390. The van der Waals surface area contributed by atoms with E-state index in [1.807, 2.05) is 11.5 Å². The van der Waals surface area contributed by atoms with Crippen LogP contribution >= 0.6 is 11.6 Å². The maximum Gasteiger partial charge on any atom is 0.335 e. The van der Waals surface area contributed by atoms with Crippen molar-refractivity contribution in [3.8, 4) is 0 Å². The molecule has 0 unspecified atom stereocenters. The zero-order valence-electron chi connectivity index (χ0n) is 17.8. The Hall–Kier alpha value is -3.85. The van der Waals surface area contributed by atoms with Gasteiger partial charge in [-0.3, -0.25) is 0 Å². The SMILES string of the molecule is C=[N+](CC)CCNc1ncc2c(n1)c(Nc1ccc(F)c(Cl)c1)nc1cc(C(=O)O)ccc12. The molecule has 4 aromatic rings. The topological polar surface area (TPSA) is 103 Å². The molecule has 0 aliphatic heterocycles. The van der Waals surface area contributed by atoms with Crippen LogP contribution in [0.2, 0.25) is 5.02 Å². The van der Waals surface area contributed by atoms with Crippen LogP contribution in [-0.2, 0) is 0 Å². The summed E-state index contributed by atoms with van der Waals surface area (Å²) in [6, 6.07) is 8.90. The number of hydrogen-bond donors (Lipinski definition) is 3. The number of rotatable bonds is 8. The molecule has 4 rings (SSSR count). The summed E-state index contributed by atoms with van der Waals surface area (Å²) in [6.07, 6.45) is 1.67. The van der Waals surface area contributed by atoms with E-state index in [9.17, 15) is 14.3 Å². The molecule has 0 bridgehead atoms. The molecule has 10 heteroatoms. The third-order valence-corrected chi connectivity index (χ3v) is 5.41. The molecule has 3 N–H and O–H groups in total. The Morgan fingerprint density at radius 1 is 1.21 bits per heavy atom. The number of carbonyl (C=O) groups is 1. The van der Waals surface area contributed by atoms with Gasteiger partial charge in [-0.05, 0) is 37.3 Å². The maximum absolute atomic E-state index is 13.6. The van der Waals surface area contributed by atoms with Gasteiger partial charge in [0.25, 0.3) is 0 Å². The predicted octanol–water partition coefficient (Wildman–Crippen LogP) is 4.56. The minimum absolute atomic E-state index is 0.0381. The molecule has 0 radical (unpaired) electrons. The minimum Gasteiger partial charge on any atom is -0.478 e. The van der Waals surface area contributed by atoms with Gasteiger partial charge in [0, 0.05) is 22.7 Å². The van der Waals surface area contributed by atoms with Crippen LogP contribution in [0.4, 0.5) is 21.8 Å². The molecule has 0 fully saturated rings. The number of anilines is 3. The van der Waals surface area contributed by atoms with Crippen molar-refractivity contribution in [2.45, 2.75) is 6.92 Å². The van der Waals surface area contributed by atoms with Crippen molar-refractivity contribution in [1.82, 2.24) is 15.0 Å². The van der Waals surface area contributed by atoms with Crippen LogP contribution in [-0.4, -0.2) is 57.0 Å². The number of benzene rings is 2. The zero-order chi connectivity index (χ0) is 23.5. The number of nitrogens with one attached hydrogen (secondary N) is 2. The molecule has 33 heavy (non-hydrogen) atoms. The van der Waals surface area contributed by atoms with Gasteiger partial charge in [0.2, 0.25) is 5.95 Å². The Balaban J connectivity index is 1.81. The fourth-order valence-corrected chi connectivity index (χ4v) is 3.47. The van der Waals surface area contributed by atoms with Crippen LogP contribution in [0.5, 0.6) is 0 Å². The number of carboxylic acids is 1. The van der Waals surface area contributed by atoms with Crippen LogP contribution in [0.15, 0.2) is 42.6 Å². The first kappa shape index (κ1) is 22.3. The zero-order valence-corrected chi connectivity index (χ0v) is 18.5. The third kappa shape index (κ3) is 4.83. The number of pyridine rings is 1. The third-order valence-electron chi connectivity index (χ3n) is 5.12. The molecule has 0 aliphatic carbocycles. The Morgan fingerprint density at radius 2 is 2.03 bits per heavy atom. The fraction of sp³-hybridized carbons (Fsp3) is 0.174. The van der Waals surface area contributed by atoms with Gasteiger partial charge in [0.05, 0.1) is 22.6 Å². The highest BCUT2D eigenvalue weighted by Crippen LogP contribution is 2.31. The fourth-order valence-electron chi connectivity index (χ4n) is 3.28. The van der Waals surface area contributed by atoms with Gasteiger partial charge in [0.15, 0.2) is 12.4 Å². The van der Waals surface area contributed by atoms with E-state index in [-0.39, 0.29) is 10.6 Å².